The highest BCUT2D eigenvalue weighted by molar-refractivity contribution is 7.80. The van der Waals surface area contributed by atoms with Gasteiger partial charge in [-0.3, -0.25) is 9.59 Å². The minimum Gasteiger partial charge on any atom is -0.497 e. The zero-order chi connectivity index (χ0) is 20.1. The topological polar surface area (TPSA) is 67.9 Å². The van der Waals surface area contributed by atoms with E-state index < -0.39 is 12.1 Å². The molecule has 0 bridgehead atoms. The van der Waals surface area contributed by atoms with Crippen molar-refractivity contribution >= 4 is 24.4 Å². The van der Waals surface area contributed by atoms with Crippen LogP contribution in [0.15, 0.2) is 48.5 Å². The number of carbonyl (C=O) groups excluding carboxylic acids is 2. The summed E-state index contributed by atoms with van der Waals surface area (Å²) in [5.74, 6) is 1.47. The lowest BCUT2D eigenvalue weighted by Crippen LogP contribution is -2.64. The minimum absolute atomic E-state index is 0.121. The first-order chi connectivity index (χ1) is 13.5. The number of rotatable bonds is 7. The summed E-state index contributed by atoms with van der Waals surface area (Å²) in [5.41, 5.74) is 1.89. The van der Waals surface area contributed by atoms with E-state index in [-0.39, 0.29) is 17.6 Å². The molecule has 1 aliphatic rings. The fraction of sp³-hybridized carbons (Fsp3) is 0.333. The van der Waals surface area contributed by atoms with Gasteiger partial charge in [0.25, 0.3) is 0 Å². The van der Waals surface area contributed by atoms with Crippen molar-refractivity contribution in [3.8, 4) is 11.5 Å². The Morgan fingerprint density at radius 1 is 0.929 bits per heavy atom. The van der Waals surface area contributed by atoms with Crippen molar-refractivity contribution < 1.29 is 19.1 Å². The Bertz CT molecular complexity index is 823. The quantitative estimate of drug-likeness (QED) is 0.699. The van der Waals surface area contributed by atoms with Gasteiger partial charge in [0.1, 0.15) is 23.6 Å². The summed E-state index contributed by atoms with van der Waals surface area (Å²) < 4.78 is 10.4. The molecule has 7 heteroatoms. The molecule has 0 saturated carbocycles. The summed E-state index contributed by atoms with van der Waals surface area (Å²) in [6.07, 6.45) is 0.428. The van der Waals surface area contributed by atoms with Crippen molar-refractivity contribution in [2.45, 2.75) is 25.0 Å². The van der Waals surface area contributed by atoms with Crippen molar-refractivity contribution in [1.82, 2.24) is 10.2 Å². The van der Waals surface area contributed by atoms with Gasteiger partial charge in [-0.25, -0.2) is 0 Å². The highest BCUT2D eigenvalue weighted by Crippen LogP contribution is 2.21. The second kappa shape index (κ2) is 9.01. The third kappa shape index (κ3) is 4.42. The van der Waals surface area contributed by atoms with E-state index in [4.69, 9.17) is 9.47 Å². The Labute approximate surface area is 170 Å². The van der Waals surface area contributed by atoms with Gasteiger partial charge >= 0.3 is 0 Å². The second-order valence-electron chi connectivity index (χ2n) is 6.63. The maximum Gasteiger partial charge on any atom is 0.246 e. The lowest BCUT2D eigenvalue weighted by atomic mass is 9.99. The Morgan fingerprint density at radius 2 is 1.46 bits per heavy atom. The molecular weight excluding hydrogens is 376 g/mol. The zero-order valence-electron chi connectivity index (χ0n) is 15.9. The molecule has 1 fully saturated rings. The monoisotopic (exact) mass is 400 g/mol. The van der Waals surface area contributed by atoms with E-state index in [2.05, 4.69) is 17.9 Å². The van der Waals surface area contributed by atoms with Gasteiger partial charge in [-0.05, 0) is 35.4 Å². The number of ether oxygens (including phenoxy) is 2. The first-order valence-corrected chi connectivity index (χ1v) is 9.66. The van der Waals surface area contributed by atoms with E-state index in [0.29, 0.717) is 13.0 Å². The van der Waals surface area contributed by atoms with Gasteiger partial charge < -0.3 is 19.7 Å². The van der Waals surface area contributed by atoms with Crippen molar-refractivity contribution in [2.75, 3.05) is 20.0 Å². The highest BCUT2D eigenvalue weighted by Gasteiger charge is 2.39. The Hall–Kier alpha value is -2.67. The lowest BCUT2D eigenvalue weighted by molar-refractivity contribution is -0.149. The predicted octanol–water partition coefficient (Wildman–Crippen LogP) is 2.07. The van der Waals surface area contributed by atoms with Gasteiger partial charge in [-0.15, -0.1) is 0 Å². The maximum atomic E-state index is 12.9. The number of nitrogens with one attached hydrogen (secondary N) is 1. The number of thiol groups is 1. The smallest absolute Gasteiger partial charge is 0.246 e. The maximum absolute atomic E-state index is 12.9. The Kier molecular flexibility index (Phi) is 6.46. The number of piperazine rings is 1. The minimum atomic E-state index is -0.610. The lowest BCUT2D eigenvalue weighted by Gasteiger charge is -2.39. The first kappa shape index (κ1) is 20.1. The van der Waals surface area contributed by atoms with Crippen LogP contribution in [0, 0.1) is 0 Å². The molecule has 6 nitrogen and oxygen atoms in total. The molecule has 2 atom stereocenters. The molecule has 2 aromatic rings. The fourth-order valence-corrected chi connectivity index (χ4v) is 3.50. The van der Waals surface area contributed by atoms with E-state index in [1.165, 1.54) is 0 Å². The van der Waals surface area contributed by atoms with E-state index in [9.17, 15) is 9.59 Å². The van der Waals surface area contributed by atoms with Gasteiger partial charge in [-0.1, -0.05) is 24.3 Å². The third-order valence-corrected chi connectivity index (χ3v) is 5.22. The average Bonchev–Trinajstić information content (AvgIpc) is 2.73. The average molecular weight is 401 g/mol. The van der Waals surface area contributed by atoms with Crippen LogP contribution in [0.3, 0.4) is 0 Å². The summed E-state index contributed by atoms with van der Waals surface area (Å²) >= 11 is 4.21. The largest absolute Gasteiger partial charge is 0.497 e. The van der Waals surface area contributed by atoms with Crippen LogP contribution in [0.1, 0.15) is 11.1 Å². The number of methoxy groups -OCH3 is 2. The molecular formula is C21H24N2O4S. The number of amides is 2. The van der Waals surface area contributed by atoms with E-state index >= 15 is 0 Å². The SMILES string of the molecule is COc1ccc(CC2C(=O)NC(CS)C(=O)N2Cc2ccc(OC)cc2)cc1. The molecule has 2 amide bonds. The summed E-state index contributed by atoms with van der Waals surface area (Å²) in [7, 11) is 3.21. The van der Waals surface area contributed by atoms with E-state index in [1.54, 1.807) is 19.1 Å². The van der Waals surface area contributed by atoms with Crippen molar-refractivity contribution in [3.05, 3.63) is 59.7 Å². The van der Waals surface area contributed by atoms with Gasteiger partial charge in [-0.2, -0.15) is 12.6 Å². The van der Waals surface area contributed by atoms with Crippen molar-refractivity contribution in [3.63, 3.8) is 0 Å². The van der Waals surface area contributed by atoms with Crippen molar-refractivity contribution in [2.24, 2.45) is 0 Å². The van der Waals surface area contributed by atoms with Crippen LogP contribution in [0.4, 0.5) is 0 Å². The number of benzene rings is 2. The standard InChI is InChI=1S/C21H24N2O4S/c1-26-16-7-3-14(4-8-16)11-19-20(24)22-18(13-28)21(25)23(19)12-15-5-9-17(27-2)10-6-15/h3-10,18-19,28H,11-13H2,1-2H3,(H,22,24). The zero-order valence-corrected chi connectivity index (χ0v) is 16.8. The summed E-state index contributed by atoms with van der Waals surface area (Å²) in [6.45, 7) is 0.349. The molecule has 1 N–H and O–H groups in total. The second-order valence-corrected chi connectivity index (χ2v) is 6.99. The number of hydrogen-bond donors (Lipinski definition) is 2. The predicted molar refractivity (Wildman–Crippen MR) is 110 cm³/mol. The van der Waals surface area contributed by atoms with Gasteiger partial charge in [0.2, 0.25) is 11.8 Å². The van der Waals surface area contributed by atoms with Crippen LogP contribution < -0.4 is 14.8 Å². The number of carbonyl (C=O) groups is 2. The van der Waals surface area contributed by atoms with Gasteiger partial charge in [0.15, 0.2) is 0 Å². The Balaban J connectivity index is 1.84. The molecule has 0 aliphatic carbocycles. The van der Waals surface area contributed by atoms with Crippen LogP contribution in [0.5, 0.6) is 11.5 Å². The molecule has 1 aliphatic heterocycles. The molecule has 148 valence electrons. The van der Waals surface area contributed by atoms with E-state index in [0.717, 1.165) is 22.6 Å². The number of nitrogens with zero attached hydrogens (tertiary/aromatic N) is 1. The fourth-order valence-electron chi connectivity index (χ4n) is 3.25. The molecule has 0 aromatic heterocycles. The number of hydrogen-bond acceptors (Lipinski definition) is 5. The van der Waals surface area contributed by atoms with Crippen LogP contribution >= 0.6 is 12.6 Å². The first-order valence-electron chi connectivity index (χ1n) is 9.03. The summed E-state index contributed by atoms with van der Waals surface area (Å²) in [4.78, 5) is 27.3. The summed E-state index contributed by atoms with van der Waals surface area (Å²) in [5, 5.41) is 2.79. The Morgan fingerprint density at radius 3 is 1.96 bits per heavy atom. The molecule has 0 spiro atoms. The van der Waals surface area contributed by atoms with Crippen molar-refractivity contribution in [1.29, 1.82) is 0 Å². The van der Waals surface area contributed by atoms with E-state index in [1.807, 2.05) is 48.5 Å². The molecule has 0 radical (unpaired) electrons. The third-order valence-electron chi connectivity index (χ3n) is 4.86. The van der Waals surface area contributed by atoms with Gasteiger partial charge in [0, 0.05) is 18.7 Å². The normalized spacial score (nSPS) is 19.3. The molecule has 3 rings (SSSR count). The molecule has 1 heterocycles. The van der Waals surface area contributed by atoms with Crippen LogP contribution in [-0.4, -0.2) is 48.8 Å². The van der Waals surface area contributed by atoms with Gasteiger partial charge in [0.05, 0.1) is 14.2 Å². The highest BCUT2D eigenvalue weighted by atomic mass is 32.1. The molecule has 1 saturated heterocycles. The summed E-state index contributed by atoms with van der Waals surface area (Å²) in [6, 6.07) is 13.8. The molecule has 2 unspecified atom stereocenters. The van der Waals surface area contributed by atoms with Crippen LogP contribution in [0.2, 0.25) is 0 Å². The molecule has 2 aromatic carbocycles. The van der Waals surface area contributed by atoms with Crippen LogP contribution in [0.25, 0.3) is 0 Å². The van der Waals surface area contributed by atoms with Crippen LogP contribution in [-0.2, 0) is 22.6 Å². The molecule has 28 heavy (non-hydrogen) atoms.